The standard InChI is InChI=1S/C18H20N6O2/c25-18(22-11-3-4-11)26-12-2-1-7-24(10-12)15-9-21-23-14-8-20-17-13(16(14)15)5-6-19-17/h5-6,8-9,11-12H,1-4,7,10H2,(H,19,20)(H,22,25). The number of carbonyl (C=O) groups excluding carboxylic acids is 1. The summed E-state index contributed by atoms with van der Waals surface area (Å²) in [6, 6.07) is 2.32. The van der Waals surface area contributed by atoms with Gasteiger partial charge in [-0.1, -0.05) is 0 Å². The van der Waals surface area contributed by atoms with Gasteiger partial charge in [-0.05, 0) is 31.7 Å². The minimum Gasteiger partial charge on any atom is -0.444 e. The van der Waals surface area contributed by atoms with Gasteiger partial charge < -0.3 is 19.9 Å². The number of anilines is 1. The van der Waals surface area contributed by atoms with Crippen molar-refractivity contribution in [1.29, 1.82) is 0 Å². The molecule has 2 N–H and O–H groups in total. The molecule has 1 saturated heterocycles. The smallest absolute Gasteiger partial charge is 0.407 e. The molecular weight excluding hydrogens is 332 g/mol. The Kier molecular flexibility index (Phi) is 3.62. The molecule has 3 aromatic rings. The number of alkyl carbamates (subject to hydrolysis) is 1. The highest BCUT2D eigenvalue weighted by Crippen LogP contribution is 2.32. The average molecular weight is 352 g/mol. The molecule has 8 nitrogen and oxygen atoms in total. The number of aromatic amines is 1. The Morgan fingerprint density at radius 3 is 3.12 bits per heavy atom. The number of amides is 1. The van der Waals surface area contributed by atoms with Crippen molar-refractivity contribution in [3.8, 4) is 0 Å². The molecule has 0 radical (unpaired) electrons. The number of nitrogens with one attached hydrogen (secondary N) is 2. The van der Waals surface area contributed by atoms with Gasteiger partial charge in [0.2, 0.25) is 0 Å². The lowest BCUT2D eigenvalue weighted by molar-refractivity contribution is 0.0880. The van der Waals surface area contributed by atoms with E-state index in [9.17, 15) is 4.79 Å². The SMILES string of the molecule is O=C(NC1CC1)OC1CCCN(c2cnnc3cnc4[nH]ccc4c23)C1. The number of piperidine rings is 1. The van der Waals surface area contributed by atoms with Crippen molar-refractivity contribution >= 4 is 33.7 Å². The number of fused-ring (bicyclic) bond motifs is 3. The Bertz CT molecular complexity index is 967. The van der Waals surface area contributed by atoms with Gasteiger partial charge in [0.25, 0.3) is 0 Å². The van der Waals surface area contributed by atoms with Gasteiger partial charge in [0.15, 0.2) is 0 Å². The fourth-order valence-electron chi connectivity index (χ4n) is 3.63. The van der Waals surface area contributed by atoms with E-state index in [-0.39, 0.29) is 12.2 Å². The van der Waals surface area contributed by atoms with Crippen LogP contribution in [0, 0.1) is 0 Å². The topological polar surface area (TPSA) is 96.0 Å². The molecule has 1 unspecified atom stereocenters. The maximum atomic E-state index is 12.0. The van der Waals surface area contributed by atoms with E-state index in [1.165, 1.54) is 0 Å². The van der Waals surface area contributed by atoms with Crippen LogP contribution in [0.5, 0.6) is 0 Å². The molecule has 5 rings (SSSR count). The van der Waals surface area contributed by atoms with E-state index in [0.29, 0.717) is 12.6 Å². The number of aromatic nitrogens is 4. The number of carbonyl (C=O) groups is 1. The lowest BCUT2D eigenvalue weighted by Gasteiger charge is -2.34. The van der Waals surface area contributed by atoms with Crippen LogP contribution in [0.2, 0.25) is 0 Å². The van der Waals surface area contributed by atoms with Crippen LogP contribution < -0.4 is 10.2 Å². The third kappa shape index (κ3) is 2.81. The summed E-state index contributed by atoms with van der Waals surface area (Å²) in [7, 11) is 0. The first-order valence-corrected chi connectivity index (χ1v) is 9.07. The van der Waals surface area contributed by atoms with Crippen LogP contribution in [0.4, 0.5) is 10.5 Å². The Morgan fingerprint density at radius 1 is 1.31 bits per heavy atom. The Labute approximate surface area is 149 Å². The van der Waals surface area contributed by atoms with E-state index in [4.69, 9.17) is 4.74 Å². The highest BCUT2D eigenvalue weighted by atomic mass is 16.6. The summed E-state index contributed by atoms with van der Waals surface area (Å²) in [6.45, 7) is 1.56. The predicted octanol–water partition coefficient (Wildman–Crippen LogP) is 2.36. The first-order valence-electron chi connectivity index (χ1n) is 9.07. The second kappa shape index (κ2) is 6.12. The minimum atomic E-state index is -0.297. The second-order valence-corrected chi connectivity index (χ2v) is 7.02. The largest absolute Gasteiger partial charge is 0.444 e. The Morgan fingerprint density at radius 2 is 2.23 bits per heavy atom. The zero-order valence-electron chi connectivity index (χ0n) is 14.3. The molecule has 1 atom stereocenters. The monoisotopic (exact) mass is 352 g/mol. The van der Waals surface area contributed by atoms with Crippen LogP contribution in [0.3, 0.4) is 0 Å². The van der Waals surface area contributed by atoms with Crippen molar-refractivity contribution in [1.82, 2.24) is 25.5 Å². The van der Waals surface area contributed by atoms with Crippen molar-refractivity contribution in [3.63, 3.8) is 0 Å². The van der Waals surface area contributed by atoms with Crippen LogP contribution >= 0.6 is 0 Å². The van der Waals surface area contributed by atoms with Gasteiger partial charge in [0.1, 0.15) is 17.3 Å². The van der Waals surface area contributed by atoms with Gasteiger partial charge in [-0.15, -0.1) is 5.10 Å². The van der Waals surface area contributed by atoms with E-state index in [2.05, 4.69) is 30.4 Å². The second-order valence-electron chi connectivity index (χ2n) is 7.02. The summed E-state index contributed by atoms with van der Waals surface area (Å²) in [5, 5.41) is 13.3. The van der Waals surface area contributed by atoms with Crippen molar-refractivity contribution in [3.05, 3.63) is 24.7 Å². The Balaban J connectivity index is 1.43. The summed E-state index contributed by atoms with van der Waals surface area (Å²) in [5.41, 5.74) is 2.61. The molecule has 26 heavy (non-hydrogen) atoms. The van der Waals surface area contributed by atoms with Gasteiger partial charge in [0.05, 0.1) is 24.6 Å². The summed E-state index contributed by atoms with van der Waals surface area (Å²) >= 11 is 0. The first kappa shape index (κ1) is 15.4. The molecule has 0 spiro atoms. The zero-order chi connectivity index (χ0) is 17.5. The summed E-state index contributed by atoms with van der Waals surface area (Å²) < 4.78 is 5.63. The molecule has 1 aliphatic heterocycles. The molecule has 1 saturated carbocycles. The van der Waals surface area contributed by atoms with Crippen LogP contribution in [0.1, 0.15) is 25.7 Å². The number of ether oxygens (including phenoxy) is 1. The van der Waals surface area contributed by atoms with Gasteiger partial charge in [-0.25, -0.2) is 9.78 Å². The van der Waals surface area contributed by atoms with E-state index in [1.807, 2.05) is 12.3 Å². The molecule has 2 aliphatic rings. The molecule has 2 fully saturated rings. The fraction of sp³-hybridized carbons (Fsp3) is 0.444. The van der Waals surface area contributed by atoms with Gasteiger partial charge in [-0.3, -0.25) is 0 Å². The van der Waals surface area contributed by atoms with Crippen molar-refractivity contribution in [2.24, 2.45) is 0 Å². The summed E-state index contributed by atoms with van der Waals surface area (Å²) in [4.78, 5) is 21.7. The highest BCUT2D eigenvalue weighted by molar-refractivity contribution is 6.09. The number of hydrogen-bond donors (Lipinski definition) is 2. The number of pyridine rings is 1. The van der Waals surface area contributed by atoms with E-state index in [0.717, 1.165) is 59.9 Å². The molecule has 1 amide bonds. The van der Waals surface area contributed by atoms with Gasteiger partial charge in [-0.2, -0.15) is 5.10 Å². The fourth-order valence-corrected chi connectivity index (χ4v) is 3.63. The third-order valence-corrected chi connectivity index (χ3v) is 5.06. The first-order chi connectivity index (χ1) is 12.8. The quantitative estimate of drug-likeness (QED) is 0.751. The maximum Gasteiger partial charge on any atom is 0.407 e. The Hall–Kier alpha value is -2.90. The van der Waals surface area contributed by atoms with Crippen LogP contribution in [-0.4, -0.2) is 51.5 Å². The van der Waals surface area contributed by atoms with Crippen LogP contribution in [0.25, 0.3) is 21.9 Å². The number of H-pyrrole nitrogens is 1. The number of nitrogens with zero attached hydrogens (tertiary/aromatic N) is 4. The van der Waals surface area contributed by atoms with E-state index >= 15 is 0 Å². The predicted molar refractivity (Wildman–Crippen MR) is 97.1 cm³/mol. The molecule has 134 valence electrons. The zero-order valence-corrected chi connectivity index (χ0v) is 14.3. The molecule has 0 aromatic carbocycles. The van der Waals surface area contributed by atoms with Crippen LogP contribution in [0.15, 0.2) is 24.7 Å². The van der Waals surface area contributed by atoms with Crippen LogP contribution in [-0.2, 0) is 4.74 Å². The minimum absolute atomic E-state index is 0.116. The molecule has 8 heteroatoms. The highest BCUT2D eigenvalue weighted by Gasteiger charge is 2.28. The van der Waals surface area contributed by atoms with Crippen molar-refractivity contribution in [2.75, 3.05) is 18.0 Å². The van der Waals surface area contributed by atoms with Crippen molar-refractivity contribution in [2.45, 2.75) is 37.8 Å². The van der Waals surface area contributed by atoms with Gasteiger partial charge in [0, 0.05) is 29.6 Å². The lowest BCUT2D eigenvalue weighted by atomic mass is 10.1. The normalized spacial score (nSPS) is 20.5. The number of hydrogen-bond acceptors (Lipinski definition) is 6. The molecule has 1 aliphatic carbocycles. The van der Waals surface area contributed by atoms with Crippen molar-refractivity contribution < 1.29 is 9.53 Å². The molecule has 4 heterocycles. The molecular formula is C18H20N6O2. The van der Waals surface area contributed by atoms with E-state index in [1.54, 1.807) is 12.4 Å². The molecule has 3 aromatic heterocycles. The lowest BCUT2D eigenvalue weighted by Crippen LogP contribution is -2.42. The number of rotatable bonds is 3. The average Bonchev–Trinajstić information content (AvgIpc) is 3.33. The van der Waals surface area contributed by atoms with E-state index < -0.39 is 0 Å². The third-order valence-electron chi connectivity index (χ3n) is 5.06. The summed E-state index contributed by atoms with van der Waals surface area (Å²) in [6.07, 6.45) is 8.96. The summed E-state index contributed by atoms with van der Waals surface area (Å²) in [5.74, 6) is 0. The molecule has 0 bridgehead atoms. The maximum absolute atomic E-state index is 12.0. The van der Waals surface area contributed by atoms with Gasteiger partial charge >= 0.3 is 6.09 Å².